The highest BCUT2D eigenvalue weighted by Gasteiger charge is 2.34. The van der Waals surface area contributed by atoms with E-state index in [1.54, 1.807) is 26.4 Å². The minimum Gasteiger partial charge on any atom is -0.481 e. The molecular formula is C21H22N4O2. The fraction of sp³-hybridized carbons (Fsp3) is 0.286. The zero-order valence-electron chi connectivity index (χ0n) is 15.4. The summed E-state index contributed by atoms with van der Waals surface area (Å²) in [6.07, 6.45) is 3.85. The van der Waals surface area contributed by atoms with Gasteiger partial charge in [0, 0.05) is 31.3 Å². The molecule has 0 amide bonds. The summed E-state index contributed by atoms with van der Waals surface area (Å²) in [5.74, 6) is 1.48. The van der Waals surface area contributed by atoms with Crippen LogP contribution in [0.25, 0.3) is 11.1 Å². The van der Waals surface area contributed by atoms with Crippen molar-refractivity contribution in [1.82, 2.24) is 14.5 Å². The van der Waals surface area contributed by atoms with E-state index in [1.165, 1.54) is 10.1 Å². The van der Waals surface area contributed by atoms with Gasteiger partial charge in [-0.15, -0.1) is 0 Å². The maximum absolute atomic E-state index is 12.0. The fourth-order valence-corrected chi connectivity index (χ4v) is 3.64. The van der Waals surface area contributed by atoms with E-state index in [0.29, 0.717) is 11.8 Å². The molecule has 0 aliphatic heterocycles. The largest absolute Gasteiger partial charge is 0.481 e. The molecule has 1 aliphatic carbocycles. The minimum atomic E-state index is -0.106. The van der Waals surface area contributed by atoms with E-state index in [-0.39, 0.29) is 17.4 Å². The van der Waals surface area contributed by atoms with Crippen LogP contribution in [0.5, 0.6) is 5.88 Å². The molecule has 138 valence electrons. The number of nitrogens with zero attached hydrogens (tertiary/aromatic N) is 3. The second kappa shape index (κ2) is 6.87. The van der Waals surface area contributed by atoms with E-state index >= 15 is 0 Å². The molecular weight excluding hydrogens is 340 g/mol. The fourth-order valence-electron chi connectivity index (χ4n) is 3.64. The minimum absolute atomic E-state index is 0.106. The molecule has 6 nitrogen and oxygen atoms in total. The lowest BCUT2D eigenvalue weighted by molar-refractivity contribution is 0.339. The molecule has 1 saturated carbocycles. The van der Waals surface area contributed by atoms with Gasteiger partial charge in [0.25, 0.3) is 5.56 Å². The Morgan fingerprint density at radius 2 is 1.81 bits per heavy atom. The summed E-state index contributed by atoms with van der Waals surface area (Å²) >= 11 is 0. The molecule has 2 aromatic heterocycles. The lowest BCUT2D eigenvalue weighted by Gasteiger charge is -2.36. The van der Waals surface area contributed by atoms with Gasteiger partial charge < -0.3 is 10.5 Å². The SMILES string of the molecule is COc1cc(-c2ccc(C3CCC3c3cc(=O)n(C)c(N)n3)cc2)ccn1. The first-order valence-corrected chi connectivity index (χ1v) is 9.00. The molecule has 1 aromatic carbocycles. The molecule has 1 aliphatic rings. The van der Waals surface area contributed by atoms with Gasteiger partial charge in [-0.1, -0.05) is 24.3 Å². The lowest BCUT2D eigenvalue weighted by atomic mass is 9.68. The number of hydrogen-bond acceptors (Lipinski definition) is 5. The normalized spacial score (nSPS) is 18.7. The van der Waals surface area contributed by atoms with Crippen molar-refractivity contribution in [2.75, 3.05) is 12.8 Å². The van der Waals surface area contributed by atoms with Crippen LogP contribution in [-0.4, -0.2) is 21.6 Å². The second-order valence-corrected chi connectivity index (χ2v) is 6.94. The number of nitrogen functional groups attached to an aromatic ring is 1. The molecule has 6 heteroatoms. The lowest BCUT2D eigenvalue weighted by Crippen LogP contribution is -2.28. The van der Waals surface area contributed by atoms with Crippen LogP contribution in [0, 0.1) is 0 Å². The molecule has 0 saturated heterocycles. The monoisotopic (exact) mass is 362 g/mol. The summed E-state index contributed by atoms with van der Waals surface area (Å²) in [6, 6.07) is 14.1. The van der Waals surface area contributed by atoms with Crippen LogP contribution in [-0.2, 0) is 7.05 Å². The van der Waals surface area contributed by atoms with Crippen molar-refractivity contribution < 1.29 is 4.74 Å². The number of benzene rings is 1. The Hall–Kier alpha value is -3.15. The summed E-state index contributed by atoms with van der Waals surface area (Å²) < 4.78 is 6.57. The number of ether oxygens (including phenoxy) is 1. The van der Waals surface area contributed by atoms with Crippen LogP contribution < -0.4 is 16.0 Å². The Labute approximate surface area is 157 Å². The van der Waals surface area contributed by atoms with Crippen molar-refractivity contribution in [2.24, 2.45) is 7.05 Å². The summed E-state index contributed by atoms with van der Waals surface area (Å²) in [7, 11) is 3.25. The molecule has 0 spiro atoms. The van der Waals surface area contributed by atoms with Gasteiger partial charge in [-0.05, 0) is 41.5 Å². The third-order valence-electron chi connectivity index (χ3n) is 5.46. The molecule has 0 bridgehead atoms. The number of aromatic nitrogens is 3. The van der Waals surface area contributed by atoms with Crippen LogP contribution in [0.2, 0.25) is 0 Å². The first-order valence-electron chi connectivity index (χ1n) is 9.00. The van der Waals surface area contributed by atoms with Gasteiger partial charge in [0.05, 0.1) is 12.8 Å². The Kier molecular flexibility index (Phi) is 4.39. The van der Waals surface area contributed by atoms with Gasteiger partial charge in [-0.25, -0.2) is 9.97 Å². The Balaban J connectivity index is 1.58. The van der Waals surface area contributed by atoms with Gasteiger partial charge >= 0.3 is 0 Å². The predicted molar refractivity (Wildman–Crippen MR) is 105 cm³/mol. The van der Waals surface area contributed by atoms with Crippen molar-refractivity contribution in [3.05, 3.63) is 70.3 Å². The zero-order chi connectivity index (χ0) is 19.0. The number of anilines is 1. The molecule has 2 N–H and O–H groups in total. The van der Waals surface area contributed by atoms with Crippen LogP contribution in [0.15, 0.2) is 53.5 Å². The molecule has 27 heavy (non-hydrogen) atoms. The summed E-state index contributed by atoms with van der Waals surface area (Å²) in [5.41, 5.74) is 10.0. The Bertz CT molecular complexity index is 1030. The van der Waals surface area contributed by atoms with Gasteiger partial charge in [-0.3, -0.25) is 9.36 Å². The number of nitrogens with two attached hydrogens (primary N) is 1. The Morgan fingerprint density at radius 3 is 2.44 bits per heavy atom. The first kappa shape index (κ1) is 17.3. The Morgan fingerprint density at radius 1 is 1.07 bits per heavy atom. The third kappa shape index (κ3) is 3.18. The number of hydrogen-bond donors (Lipinski definition) is 1. The van der Waals surface area contributed by atoms with Crippen molar-refractivity contribution >= 4 is 5.95 Å². The van der Waals surface area contributed by atoms with E-state index in [0.717, 1.165) is 29.7 Å². The summed E-state index contributed by atoms with van der Waals surface area (Å²) in [6.45, 7) is 0. The summed E-state index contributed by atoms with van der Waals surface area (Å²) in [5, 5.41) is 0. The molecule has 3 aromatic rings. The number of rotatable bonds is 4. The first-order chi connectivity index (χ1) is 13.1. The highest BCUT2D eigenvalue weighted by molar-refractivity contribution is 5.64. The van der Waals surface area contributed by atoms with Crippen molar-refractivity contribution in [3.8, 4) is 17.0 Å². The van der Waals surface area contributed by atoms with E-state index in [9.17, 15) is 4.79 Å². The average molecular weight is 362 g/mol. The van der Waals surface area contributed by atoms with Gasteiger partial charge in [0.1, 0.15) is 0 Å². The highest BCUT2D eigenvalue weighted by Crippen LogP contribution is 2.48. The highest BCUT2D eigenvalue weighted by atomic mass is 16.5. The van der Waals surface area contributed by atoms with E-state index in [1.807, 2.05) is 12.1 Å². The maximum atomic E-state index is 12.0. The van der Waals surface area contributed by atoms with Gasteiger partial charge in [0.15, 0.2) is 0 Å². The quantitative estimate of drug-likeness (QED) is 0.771. The van der Waals surface area contributed by atoms with Gasteiger partial charge in [0.2, 0.25) is 11.8 Å². The molecule has 2 atom stereocenters. The topological polar surface area (TPSA) is 83.0 Å². The third-order valence-corrected chi connectivity index (χ3v) is 5.46. The predicted octanol–water partition coefficient (Wildman–Crippen LogP) is 3.09. The van der Waals surface area contributed by atoms with Crippen LogP contribution in [0.1, 0.15) is 35.9 Å². The van der Waals surface area contributed by atoms with Crippen molar-refractivity contribution in [1.29, 1.82) is 0 Å². The molecule has 2 unspecified atom stereocenters. The van der Waals surface area contributed by atoms with Crippen LogP contribution in [0.3, 0.4) is 0 Å². The maximum Gasteiger partial charge on any atom is 0.254 e. The van der Waals surface area contributed by atoms with Crippen molar-refractivity contribution in [2.45, 2.75) is 24.7 Å². The summed E-state index contributed by atoms with van der Waals surface area (Å²) in [4.78, 5) is 20.6. The zero-order valence-corrected chi connectivity index (χ0v) is 15.4. The standard InChI is InChI=1S/C21H22N4O2/c1-25-20(26)12-18(24-21(25)22)17-8-7-16(17)14-5-3-13(4-6-14)15-9-10-23-19(11-15)27-2/h3-6,9-12,16-17H,7-8H2,1-2H3,(H2,22,24). The molecule has 0 radical (unpaired) electrons. The van der Waals surface area contributed by atoms with E-state index < -0.39 is 0 Å². The molecule has 4 rings (SSSR count). The average Bonchev–Trinajstić information content (AvgIpc) is 2.66. The van der Waals surface area contributed by atoms with Gasteiger partial charge in [-0.2, -0.15) is 0 Å². The van der Waals surface area contributed by atoms with E-state index in [2.05, 4.69) is 34.2 Å². The number of methoxy groups -OCH3 is 1. The van der Waals surface area contributed by atoms with E-state index in [4.69, 9.17) is 10.5 Å². The van der Waals surface area contributed by atoms with Crippen molar-refractivity contribution in [3.63, 3.8) is 0 Å². The number of pyridine rings is 1. The van der Waals surface area contributed by atoms with Crippen LogP contribution >= 0.6 is 0 Å². The smallest absolute Gasteiger partial charge is 0.254 e. The second-order valence-electron chi connectivity index (χ2n) is 6.94. The van der Waals surface area contributed by atoms with Crippen LogP contribution in [0.4, 0.5) is 5.95 Å². The molecule has 2 heterocycles. The molecule has 1 fully saturated rings.